The smallest absolute Gasteiger partial charge is 0.168 e. The van der Waals surface area contributed by atoms with E-state index in [0.717, 1.165) is 23.1 Å². The van der Waals surface area contributed by atoms with Crippen LogP contribution in [0.4, 0.5) is 0 Å². The number of fused-ring (bicyclic) bond motifs is 1. The van der Waals surface area contributed by atoms with E-state index in [9.17, 15) is 10.2 Å². The largest absolute Gasteiger partial charge is 0.504 e. The Balaban J connectivity index is 2.33. The van der Waals surface area contributed by atoms with E-state index < -0.39 is 0 Å². The standard InChI is InChI=1S/C16H16N2O2/c1-3-18-13-8-7-10(2)9-12(13)17-16(18)11-5-4-6-14(19)15(11)20/h4-9,19-20H,3H2,1-2H3. The zero-order chi connectivity index (χ0) is 14.3. The maximum absolute atomic E-state index is 10.0. The highest BCUT2D eigenvalue weighted by atomic mass is 16.3. The molecule has 3 rings (SSSR count). The molecule has 3 aromatic rings. The van der Waals surface area contributed by atoms with Crippen LogP contribution in [0.3, 0.4) is 0 Å². The Morgan fingerprint density at radius 2 is 1.95 bits per heavy atom. The maximum atomic E-state index is 10.0. The van der Waals surface area contributed by atoms with E-state index >= 15 is 0 Å². The Labute approximate surface area is 116 Å². The lowest BCUT2D eigenvalue weighted by Gasteiger charge is -2.08. The molecule has 0 aliphatic carbocycles. The molecule has 20 heavy (non-hydrogen) atoms. The fraction of sp³-hybridized carbons (Fsp3) is 0.188. The second kappa shape index (κ2) is 4.56. The fourth-order valence-electron chi connectivity index (χ4n) is 2.48. The van der Waals surface area contributed by atoms with E-state index in [0.29, 0.717) is 11.4 Å². The molecule has 0 fully saturated rings. The van der Waals surface area contributed by atoms with Crippen molar-refractivity contribution >= 4 is 11.0 Å². The van der Waals surface area contributed by atoms with E-state index in [2.05, 4.69) is 4.98 Å². The first-order valence-corrected chi connectivity index (χ1v) is 6.60. The molecular formula is C16H16N2O2. The maximum Gasteiger partial charge on any atom is 0.168 e. The minimum atomic E-state index is -0.131. The molecule has 2 aromatic carbocycles. The summed E-state index contributed by atoms with van der Waals surface area (Å²) >= 11 is 0. The molecule has 0 saturated carbocycles. The van der Waals surface area contributed by atoms with Gasteiger partial charge in [0.1, 0.15) is 5.82 Å². The first-order valence-electron chi connectivity index (χ1n) is 6.60. The zero-order valence-electron chi connectivity index (χ0n) is 11.5. The topological polar surface area (TPSA) is 58.3 Å². The molecule has 0 amide bonds. The number of imidazole rings is 1. The van der Waals surface area contributed by atoms with Crippen molar-refractivity contribution in [2.75, 3.05) is 0 Å². The molecule has 0 aliphatic rings. The number of nitrogens with zero attached hydrogens (tertiary/aromatic N) is 2. The van der Waals surface area contributed by atoms with Gasteiger partial charge in [0, 0.05) is 6.54 Å². The monoisotopic (exact) mass is 268 g/mol. The van der Waals surface area contributed by atoms with Crippen LogP contribution in [0.5, 0.6) is 11.5 Å². The summed E-state index contributed by atoms with van der Waals surface area (Å²) in [6.45, 7) is 4.80. The van der Waals surface area contributed by atoms with Crippen molar-refractivity contribution < 1.29 is 10.2 Å². The predicted molar refractivity (Wildman–Crippen MR) is 78.9 cm³/mol. The number of rotatable bonds is 2. The molecule has 0 spiro atoms. The predicted octanol–water partition coefficient (Wildman–Crippen LogP) is 3.44. The number of phenols is 2. The van der Waals surface area contributed by atoms with Crippen LogP contribution in [0.15, 0.2) is 36.4 Å². The van der Waals surface area contributed by atoms with Crippen LogP contribution in [-0.4, -0.2) is 19.8 Å². The number of aromatic hydroxyl groups is 2. The zero-order valence-corrected chi connectivity index (χ0v) is 11.5. The molecule has 4 heteroatoms. The molecule has 102 valence electrons. The number of hydrogen-bond acceptors (Lipinski definition) is 3. The van der Waals surface area contributed by atoms with Gasteiger partial charge >= 0.3 is 0 Å². The van der Waals surface area contributed by atoms with Crippen molar-refractivity contribution in [1.29, 1.82) is 0 Å². The number of hydrogen-bond donors (Lipinski definition) is 2. The summed E-state index contributed by atoms with van der Waals surface area (Å²) < 4.78 is 2.03. The molecule has 0 unspecified atom stereocenters. The average Bonchev–Trinajstić information content (AvgIpc) is 2.79. The summed E-state index contributed by atoms with van der Waals surface area (Å²) in [7, 11) is 0. The molecule has 0 aliphatic heterocycles. The van der Waals surface area contributed by atoms with Gasteiger partial charge in [-0.2, -0.15) is 0 Å². The second-order valence-corrected chi connectivity index (χ2v) is 4.85. The van der Waals surface area contributed by atoms with Gasteiger partial charge in [-0.1, -0.05) is 12.1 Å². The minimum Gasteiger partial charge on any atom is -0.504 e. The van der Waals surface area contributed by atoms with Gasteiger partial charge in [-0.15, -0.1) is 0 Å². The van der Waals surface area contributed by atoms with Gasteiger partial charge in [0.2, 0.25) is 0 Å². The number of para-hydroxylation sites is 1. The average molecular weight is 268 g/mol. The molecule has 2 N–H and O–H groups in total. The van der Waals surface area contributed by atoms with Gasteiger partial charge in [-0.05, 0) is 43.7 Å². The van der Waals surface area contributed by atoms with Crippen LogP contribution in [-0.2, 0) is 6.54 Å². The van der Waals surface area contributed by atoms with Crippen LogP contribution in [0.2, 0.25) is 0 Å². The van der Waals surface area contributed by atoms with Crippen LogP contribution in [0, 0.1) is 6.92 Å². The number of aromatic nitrogens is 2. The number of benzene rings is 2. The Morgan fingerprint density at radius 1 is 1.15 bits per heavy atom. The Bertz CT molecular complexity index is 791. The third-order valence-electron chi connectivity index (χ3n) is 3.48. The first-order chi connectivity index (χ1) is 9.61. The van der Waals surface area contributed by atoms with Gasteiger partial charge < -0.3 is 14.8 Å². The van der Waals surface area contributed by atoms with Crippen molar-refractivity contribution in [3.8, 4) is 22.9 Å². The summed E-state index contributed by atoms with van der Waals surface area (Å²) in [5, 5.41) is 19.7. The van der Waals surface area contributed by atoms with Gasteiger partial charge in [-0.3, -0.25) is 0 Å². The number of aryl methyl sites for hydroxylation is 2. The van der Waals surface area contributed by atoms with E-state index in [-0.39, 0.29) is 11.5 Å². The highest BCUT2D eigenvalue weighted by Gasteiger charge is 2.16. The quantitative estimate of drug-likeness (QED) is 0.700. The Hall–Kier alpha value is -2.49. The molecule has 1 aromatic heterocycles. The Kier molecular flexibility index (Phi) is 2.86. The molecule has 0 bridgehead atoms. The van der Waals surface area contributed by atoms with Gasteiger partial charge in [0.25, 0.3) is 0 Å². The van der Waals surface area contributed by atoms with Crippen molar-refractivity contribution in [2.24, 2.45) is 0 Å². The van der Waals surface area contributed by atoms with Gasteiger partial charge in [0.15, 0.2) is 11.5 Å². The fourth-order valence-corrected chi connectivity index (χ4v) is 2.48. The van der Waals surface area contributed by atoms with Gasteiger partial charge in [-0.25, -0.2) is 4.98 Å². The third-order valence-corrected chi connectivity index (χ3v) is 3.48. The lowest BCUT2D eigenvalue weighted by atomic mass is 10.1. The molecule has 1 heterocycles. The SMILES string of the molecule is CCn1c(-c2cccc(O)c2O)nc2cc(C)ccc21. The summed E-state index contributed by atoms with van der Waals surface area (Å²) in [5.41, 5.74) is 3.60. The highest BCUT2D eigenvalue weighted by Crippen LogP contribution is 2.36. The summed E-state index contributed by atoms with van der Waals surface area (Å²) in [6, 6.07) is 11.0. The summed E-state index contributed by atoms with van der Waals surface area (Å²) in [4.78, 5) is 4.61. The van der Waals surface area contributed by atoms with E-state index in [4.69, 9.17) is 0 Å². The van der Waals surface area contributed by atoms with E-state index in [1.54, 1.807) is 12.1 Å². The first kappa shape index (κ1) is 12.5. The van der Waals surface area contributed by atoms with Crippen LogP contribution in [0.25, 0.3) is 22.4 Å². The molecule has 4 nitrogen and oxygen atoms in total. The van der Waals surface area contributed by atoms with E-state index in [1.807, 2.05) is 36.6 Å². The van der Waals surface area contributed by atoms with Crippen molar-refractivity contribution in [1.82, 2.24) is 9.55 Å². The van der Waals surface area contributed by atoms with Crippen LogP contribution in [0.1, 0.15) is 12.5 Å². The lowest BCUT2D eigenvalue weighted by Crippen LogP contribution is -1.97. The minimum absolute atomic E-state index is 0.130. The second-order valence-electron chi connectivity index (χ2n) is 4.85. The van der Waals surface area contributed by atoms with Crippen molar-refractivity contribution in [3.63, 3.8) is 0 Å². The van der Waals surface area contributed by atoms with Crippen LogP contribution < -0.4 is 0 Å². The van der Waals surface area contributed by atoms with E-state index in [1.165, 1.54) is 6.07 Å². The molecule has 0 atom stereocenters. The highest BCUT2D eigenvalue weighted by molar-refractivity contribution is 5.83. The third kappa shape index (κ3) is 1.81. The molecular weight excluding hydrogens is 252 g/mol. The normalized spacial score (nSPS) is 11.1. The molecule has 0 radical (unpaired) electrons. The lowest BCUT2D eigenvalue weighted by molar-refractivity contribution is 0.405. The van der Waals surface area contributed by atoms with Gasteiger partial charge in [0.05, 0.1) is 16.6 Å². The summed E-state index contributed by atoms with van der Waals surface area (Å²) in [6.07, 6.45) is 0. The Morgan fingerprint density at radius 3 is 2.70 bits per heavy atom. The van der Waals surface area contributed by atoms with Crippen molar-refractivity contribution in [2.45, 2.75) is 20.4 Å². The molecule has 0 saturated heterocycles. The van der Waals surface area contributed by atoms with Crippen molar-refractivity contribution in [3.05, 3.63) is 42.0 Å². The number of phenolic OH excluding ortho intramolecular Hbond substituents is 2. The van der Waals surface area contributed by atoms with Crippen LogP contribution >= 0.6 is 0 Å². The summed E-state index contributed by atoms with van der Waals surface area (Å²) in [5.74, 6) is 0.407.